The van der Waals surface area contributed by atoms with Crippen LogP contribution in [0.4, 0.5) is 0 Å². The van der Waals surface area contributed by atoms with E-state index in [9.17, 15) is 4.79 Å². The molecular formula is C4H5BrClNO. The van der Waals surface area contributed by atoms with Gasteiger partial charge in [0.15, 0.2) is 0 Å². The van der Waals surface area contributed by atoms with Crippen LogP contribution >= 0.6 is 27.7 Å². The first-order chi connectivity index (χ1) is 3.75. The van der Waals surface area contributed by atoms with Crippen LogP contribution in [0.25, 0.3) is 0 Å². The minimum absolute atomic E-state index is 0.00231. The van der Waals surface area contributed by atoms with Gasteiger partial charge in [0, 0.05) is 22.6 Å². The Morgan fingerprint density at radius 3 is 2.62 bits per heavy atom. The zero-order chi connectivity index (χ0) is 6.15. The number of hydrogen-bond donors (Lipinski definition) is 0. The van der Waals surface area contributed by atoms with E-state index in [0.717, 1.165) is 12.7 Å². The largest absolute Gasteiger partial charge is 0.302 e. The molecule has 0 spiro atoms. The average Bonchev–Trinajstić information content (AvgIpc) is 1.81. The van der Waals surface area contributed by atoms with Crippen molar-refractivity contribution in [2.24, 2.45) is 0 Å². The van der Waals surface area contributed by atoms with Gasteiger partial charge in [-0.15, -0.1) is 11.6 Å². The van der Waals surface area contributed by atoms with E-state index < -0.39 is 0 Å². The van der Waals surface area contributed by atoms with E-state index in [4.69, 9.17) is 11.6 Å². The molecule has 0 radical (unpaired) electrons. The summed E-state index contributed by atoms with van der Waals surface area (Å²) in [4.78, 5) is 10.0. The molecule has 46 valence electrons. The van der Waals surface area contributed by atoms with Crippen LogP contribution in [0.15, 0.2) is 0 Å². The van der Waals surface area contributed by atoms with Gasteiger partial charge in [0.2, 0.25) is 0 Å². The second-order valence-electron chi connectivity index (χ2n) is 1.72. The van der Waals surface area contributed by atoms with Gasteiger partial charge in [-0.25, -0.2) is 3.93 Å². The molecule has 0 aromatic carbocycles. The van der Waals surface area contributed by atoms with Gasteiger partial charge in [-0.1, -0.05) is 0 Å². The lowest BCUT2D eigenvalue weighted by molar-refractivity contribution is -0.113. The monoisotopic (exact) mass is 197 g/mol. The summed E-state index contributed by atoms with van der Waals surface area (Å²) in [5, 5.41) is 0. The first kappa shape index (κ1) is 6.52. The summed E-state index contributed by atoms with van der Waals surface area (Å²) in [7, 11) is 0. The maximum atomic E-state index is 10.0. The zero-order valence-corrected chi connectivity index (χ0v) is 6.39. The number of aldehydes is 1. The SMILES string of the molecule is O=CC1CC(Cl)N1Br. The molecule has 4 heteroatoms. The highest BCUT2D eigenvalue weighted by molar-refractivity contribution is 9.07. The van der Waals surface area contributed by atoms with E-state index >= 15 is 0 Å². The van der Waals surface area contributed by atoms with Crippen molar-refractivity contribution in [1.82, 2.24) is 3.93 Å². The molecule has 8 heavy (non-hydrogen) atoms. The van der Waals surface area contributed by atoms with Crippen LogP contribution in [-0.4, -0.2) is 21.8 Å². The number of carbonyl (C=O) groups is 1. The van der Waals surface area contributed by atoms with Crippen LogP contribution < -0.4 is 0 Å². The van der Waals surface area contributed by atoms with Crippen molar-refractivity contribution < 1.29 is 4.79 Å². The van der Waals surface area contributed by atoms with Gasteiger partial charge in [0.1, 0.15) is 6.29 Å². The van der Waals surface area contributed by atoms with Crippen LogP contribution in [0.5, 0.6) is 0 Å². The Hall–Kier alpha value is 0.400. The first-order valence-corrected chi connectivity index (χ1v) is 3.43. The number of alkyl halides is 1. The maximum Gasteiger partial charge on any atom is 0.138 e. The number of hydrogen-bond acceptors (Lipinski definition) is 2. The minimum atomic E-state index is -0.00231. The molecule has 0 aliphatic carbocycles. The highest BCUT2D eigenvalue weighted by atomic mass is 79.9. The third-order valence-electron chi connectivity index (χ3n) is 1.18. The van der Waals surface area contributed by atoms with E-state index in [1.165, 1.54) is 0 Å². The Morgan fingerprint density at radius 2 is 2.50 bits per heavy atom. The third-order valence-corrected chi connectivity index (χ3v) is 2.82. The lowest BCUT2D eigenvalue weighted by Gasteiger charge is -2.36. The average molecular weight is 198 g/mol. The fraction of sp³-hybridized carbons (Fsp3) is 0.750. The highest BCUT2D eigenvalue weighted by Crippen LogP contribution is 2.30. The van der Waals surface area contributed by atoms with Gasteiger partial charge in [-0.05, 0) is 0 Å². The van der Waals surface area contributed by atoms with Crippen molar-refractivity contribution in [2.45, 2.75) is 18.0 Å². The van der Waals surface area contributed by atoms with Gasteiger partial charge in [-0.3, -0.25) is 0 Å². The van der Waals surface area contributed by atoms with E-state index in [1.807, 2.05) is 0 Å². The minimum Gasteiger partial charge on any atom is -0.302 e. The Balaban J connectivity index is 2.35. The Bertz CT molecular complexity index is 110. The van der Waals surface area contributed by atoms with Crippen LogP contribution in [0, 0.1) is 0 Å². The van der Waals surface area contributed by atoms with Crippen molar-refractivity contribution in [3.8, 4) is 0 Å². The Labute approximate surface area is 61.1 Å². The second-order valence-corrected chi connectivity index (χ2v) is 3.04. The lowest BCUT2D eigenvalue weighted by Crippen LogP contribution is -2.47. The van der Waals surface area contributed by atoms with Crippen molar-refractivity contribution in [2.75, 3.05) is 0 Å². The summed E-state index contributed by atoms with van der Waals surface area (Å²) < 4.78 is 1.65. The molecule has 1 rings (SSSR count). The molecule has 0 amide bonds. The van der Waals surface area contributed by atoms with Gasteiger partial charge in [-0.2, -0.15) is 0 Å². The van der Waals surface area contributed by atoms with Gasteiger partial charge in [0.05, 0.1) is 11.5 Å². The Kier molecular flexibility index (Phi) is 1.90. The molecule has 1 saturated heterocycles. The molecule has 2 atom stereocenters. The topological polar surface area (TPSA) is 20.3 Å². The molecule has 0 saturated carbocycles. The first-order valence-electron chi connectivity index (χ1n) is 2.29. The number of nitrogens with zero attached hydrogens (tertiary/aromatic N) is 1. The molecule has 0 bridgehead atoms. The Morgan fingerprint density at radius 1 is 1.88 bits per heavy atom. The summed E-state index contributed by atoms with van der Waals surface area (Å²) in [6, 6.07) is -0.00231. The standard InChI is InChI=1S/C4H5BrClNO/c5-7-3(2-8)1-4(7)6/h2-4H,1H2. The van der Waals surface area contributed by atoms with Gasteiger partial charge in [0.25, 0.3) is 0 Å². The van der Waals surface area contributed by atoms with E-state index in [-0.39, 0.29) is 11.5 Å². The van der Waals surface area contributed by atoms with Crippen molar-refractivity contribution in [3.63, 3.8) is 0 Å². The predicted octanol–water partition coefficient (Wildman–Crippen LogP) is 1.13. The maximum absolute atomic E-state index is 10.0. The molecule has 2 nitrogen and oxygen atoms in total. The summed E-state index contributed by atoms with van der Waals surface area (Å²) >= 11 is 8.72. The quantitative estimate of drug-likeness (QED) is 0.272. The molecule has 0 N–H and O–H groups in total. The summed E-state index contributed by atoms with van der Waals surface area (Å²) in [5.41, 5.74) is 0.00481. The molecule has 0 aromatic rings. The summed E-state index contributed by atoms with van der Waals surface area (Å²) in [6.07, 6.45) is 1.64. The van der Waals surface area contributed by atoms with Crippen molar-refractivity contribution >= 4 is 34.0 Å². The molecule has 1 fully saturated rings. The molecular weight excluding hydrogens is 193 g/mol. The fourth-order valence-corrected chi connectivity index (χ4v) is 1.34. The normalized spacial score (nSPS) is 38.8. The predicted molar refractivity (Wildman–Crippen MR) is 34.9 cm³/mol. The van der Waals surface area contributed by atoms with E-state index in [2.05, 4.69) is 16.1 Å². The van der Waals surface area contributed by atoms with E-state index in [1.54, 1.807) is 3.93 Å². The van der Waals surface area contributed by atoms with Crippen LogP contribution in [-0.2, 0) is 4.79 Å². The molecule has 1 aliphatic heterocycles. The van der Waals surface area contributed by atoms with Crippen LogP contribution in [0.3, 0.4) is 0 Å². The number of rotatable bonds is 1. The van der Waals surface area contributed by atoms with Crippen LogP contribution in [0.1, 0.15) is 6.42 Å². The number of carbonyl (C=O) groups excluding carboxylic acids is 1. The van der Waals surface area contributed by atoms with Gasteiger partial charge >= 0.3 is 0 Å². The fourth-order valence-electron chi connectivity index (χ4n) is 0.584. The second kappa shape index (κ2) is 2.33. The van der Waals surface area contributed by atoms with Gasteiger partial charge < -0.3 is 4.79 Å². The zero-order valence-electron chi connectivity index (χ0n) is 4.05. The highest BCUT2D eigenvalue weighted by Gasteiger charge is 2.34. The third kappa shape index (κ3) is 0.900. The molecule has 1 aliphatic rings. The summed E-state index contributed by atoms with van der Waals surface area (Å²) in [6.45, 7) is 0. The smallest absolute Gasteiger partial charge is 0.138 e. The molecule has 1 heterocycles. The van der Waals surface area contributed by atoms with Crippen molar-refractivity contribution in [3.05, 3.63) is 0 Å². The molecule has 0 aromatic heterocycles. The number of halogens is 2. The van der Waals surface area contributed by atoms with Crippen molar-refractivity contribution in [1.29, 1.82) is 0 Å². The van der Waals surface area contributed by atoms with E-state index in [0.29, 0.717) is 0 Å². The lowest BCUT2D eigenvalue weighted by atomic mass is 10.1. The molecule has 2 unspecified atom stereocenters. The summed E-state index contributed by atoms with van der Waals surface area (Å²) in [5.74, 6) is 0. The van der Waals surface area contributed by atoms with Crippen LogP contribution in [0.2, 0.25) is 0 Å².